The van der Waals surface area contributed by atoms with Gasteiger partial charge in [-0.3, -0.25) is 9.69 Å². The monoisotopic (exact) mass is 287 g/mol. The Balaban J connectivity index is 1.76. The lowest BCUT2D eigenvalue weighted by Gasteiger charge is -2.35. The number of hydrogen-bond acceptors (Lipinski definition) is 3. The van der Waals surface area contributed by atoms with Gasteiger partial charge in [-0.05, 0) is 37.6 Å². The molecule has 1 saturated carbocycles. The Hall–Kier alpha value is -1.39. The van der Waals surface area contributed by atoms with Crippen LogP contribution in [0.25, 0.3) is 0 Å². The molecule has 0 aromatic heterocycles. The van der Waals surface area contributed by atoms with Gasteiger partial charge < -0.3 is 10.6 Å². The lowest BCUT2D eigenvalue weighted by molar-refractivity contribution is -0.120. The highest BCUT2D eigenvalue weighted by molar-refractivity contribution is 5.95. The molecule has 3 rings (SSSR count). The van der Waals surface area contributed by atoms with Gasteiger partial charge in [-0.25, -0.2) is 0 Å². The molecule has 0 unspecified atom stereocenters. The Morgan fingerprint density at radius 3 is 2.33 bits per heavy atom. The summed E-state index contributed by atoms with van der Waals surface area (Å²) in [5.41, 5.74) is 8.62. The Morgan fingerprint density at radius 1 is 1.05 bits per heavy atom. The van der Waals surface area contributed by atoms with Crippen molar-refractivity contribution in [1.82, 2.24) is 4.90 Å². The van der Waals surface area contributed by atoms with Gasteiger partial charge in [-0.2, -0.15) is 0 Å². The summed E-state index contributed by atoms with van der Waals surface area (Å²) in [4.78, 5) is 16.1. The molecule has 1 heterocycles. The van der Waals surface area contributed by atoms with Crippen LogP contribution in [0.1, 0.15) is 37.7 Å². The Kier molecular flexibility index (Phi) is 4.00. The van der Waals surface area contributed by atoms with E-state index in [0.29, 0.717) is 6.54 Å². The molecule has 1 aliphatic heterocycles. The van der Waals surface area contributed by atoms with Gasteiger partial charge in [0.05, 0.1) is 6.54 Å². The van der Waals surface area contributed by atoms with Crippen molar-refractivity contribution in [2.24, 2.45) is 5.73 Å². The van der Waals surface area contributed by atoms with E-state index in [-0.39, 0.29) is 11.4 Å². The predicted octanol–water partition coefficient (Wildman–Crippen LogP) is 2.08. The van der Waals surface area contributed by atoms with Crippen molar-refractivity contribution in [3.05, 3.63) is 29.8 Å². The zero-order valence-corrected chi connectivity index (χ0v) is 12.8. The molecule has 4 nitrogen and oxygen atoms in total. The number of nitrogens with two attached hydrogens (primary N) is 1. The van der Waals surface area contributed by atoms with Crippen LogP contribution in [0.4, 0.5) is 5.69 Å². The molecule has 1 aliphatic carbocycles. The summed E-state index contributed by atoms with van der Waals surface area (Å²) in [6, 6.07) is 8.35. The number of benzene rings is 1. The van der Waals surface area contributed by atoms with E-state index >= 15 is 0 Å². The lowest BCUT2D eigenvalue weighted by Crippen LogP contribution is -2.48. The highest BCUT2D eigenvalue weighted by Crippen LogP contribution is 2.35. The van der Waals surface area contributed by atoms with Crippen LogP contribution in [0.15, 0.2) is 24.3 Å². The Labute approximate surface area is 126 Å². The van der Waals surface area contributed by atoms with Gasteiger partial charge in [0, 0.05) is 24.3 Å². The van der Waals surface area contributed by atoms with Crippen molar-refractivity contribution in [1.29, 1.82) is 0 Å². The second-order valence-electron chi connectivity index (χ2n) is 6.55. The fourth-order valence-corrected chi connectivity index (χ4v) is 3.51. The molecule has 0 bridgehead atoms. The number of rotatable bonds is 2. The van der Waals surface area contributed by atoms with Crippen LogP contribution in [0, 0.1) is 0 Å². The maximum Gasteiger partial charge on any atom is 0.241 e. The fourth-order valence-electron chi connectivity index (χ4n) is 3.51. The number of carbonyl (C=O) groups is 1. The number of amides is 1. The number of piperazine rings is 1. The summed E-state index contributed by atoms with van der Waals surface area (Å²) in [6.07, 6.45) is 5.87. The van der Waals surface area contributed by atoms with Crippen LogP contribution in [0.3, 0.4) is 0 Å². The van der Waals surface area contributed by atoms with Crippen molar-refractivity contribution in [2.75, 3.05) is 31.6 Å². The second-order valence-corrected chi connectivity index (χ2v) is 6.55. The largest absolute Gasteiger partial charge is 0.321 e. The van der Waals surface area contributed by atoms with Crippen LogP contribution < -0.4 is 10.6 Å². The summed E-state index contributed by atoms with van der Waals surface area (Å²) in [5, 5.41) is 0. The normalized spacial score (nSPS) is 23.3. The van der Waals surface area contributed by atoms with E-state index in [4.69, 9.17) is 5.73 Å². The number of carbonyl (C=O) groups excluding carboxylic acids is 1. The molecule has 21 heavy (non-hydrogen) atoms. The maximum atomic E-state index is 12.1. The molecule has 1 aromatic carbocycles. The first-order valence-electron chi connectivity index (χ1n) is 7.97. The van der Waals surface area contributed by atoms with Crippen molar-refractivity contribution in [3.8, 4) is 0 Å². The van der Waals surface area contributed by atoms with Crippen molar-refractivity contribution in [3.63, 3.8) is 0 Å². The fraction of sp³-hybridized carbons (Fsp3) is 0.588. The third kappa shape index (κ3) is 2.97. The summed E-state index contributed by atoms with van der Waals surface area (Å²) >= 11 is 0. The van der Waals surface area contributed by atoms with Gasteiger partial charge in [-0.1, -0.05) is 31.4 Å². The SMILES string of the molecule is CN1CCN(c2ccc(C3(N)CCCCC3)cc2)C(=O)C1. The van der Waals surface area contributed by atoms with E-state index in [1.807, 2.05) is 11.9 Å². The van der Waals surface area contributed by atoms with E-state index in [2.05, 4.69) is 29.2 Å². The van der Waals surface area contributed by atoms with Crippen molar-refractivity contribution < 1.29 is 4.79 Å². The minimum absolute atomic E-state index is 0.164. The minimum Gasteiger partial charge on any atom is -0.321 e. The van der Waals surface area contributed by atoms with Crippen LogP contribution in [-0.2, 0) is 10.3 Å². The zero-order chi connectivity index (χ0) is 14.9. The first kappa shape index (κ1) is 14.5. The first-order valence-corrected chi connectivity index (χ1v) is 7.97. The third-order valence-corrected chi connectivity index (χ3v) is 4.91. The molecule has 0 atom stereocenters. The average molecular weight is 287 g/mol. The van der Waals surface area contributed by atoms with E-state index in [0.717, 1.165) is 31.6 Å². The summed E-state index contributed by atoms with van der Waals surface area (Å²) in [7, 11) is 1.99. The molecule has 1 saturated heterocycles. The lowest BCUT2D eigenvalue weighted by atomic mass is 9.77. The highest BCUT2D eigenvalue weighted by Gasteiger charge is 2.29. The molecule has 2 N–H and O–H groups in total. The van der Waals surface area contributed by atoms with Crippen LogP contribution in [0.2, 0.25) is 0 Å². The van der Waals surface area contributed by atoms with Gasteiger partial charge in [-0.15, -0.1) is 0 Å². The number of likely N-dealkylation sites (N-methyl/N-ethyl adjacent to an activating group) is 1. The minimum atomic E-state index is -0.164. The van der Waals surface area contributed by atoms with Crippen molar-refractivity contribution in [2.45, 2.75) is 37.6 Å². The molecule has 2 fully saturated rings. The molecule has 1 aromatic rings. The molecule has 2 aliphatic rings. The number of anilines is 1. The molecule has 1 amide bonds. The van der Waals surface area contributed by atoms with Gasteiger partial charge in [0.15, 0.2) is 0 Å². The summed E-state index contributed by atoms with van der Waals surface area (Å²) in [6.45, 7) is 2.19. The van der Waals surface area contributed by atoms with E-state index in [1.165, 1.54) is 24.8 Å². The van der Waals surface area contributed by atoms with E-state index < -0.39 is 0 Å². The Morgan fingerprint density at radius 2 is 1.71 bits per heavy atom. The highest BCUT2D eigenvalue weighted by atomic mass is 16.2. The van der Waals surface area contributed by atoms with Gasteiger partial charge in [0.1, 0.15) is 0 Å². The average Bonchev–Trinajstić information content (AvgIpc) is 2.48. The third-order valence-electron chi connectivity index (χ3n) is 4.91. The molecule has 0 radical (unpaired) electrons. The number of nitrogens with zero attached hydrogens (tertiary/aromatic N) is 2. The van der Waals surface area contributed by atoms with Gasteiger partial charge in [0.2, 0.25) is 5.91 Å². The van der Waals surface area contributed by atoms with E-state index in [1.54, 1.807) is 0 Å². The molecular formula is C17H25N3O. The summed E-state index contributed by atoms with van der Waals surface area (Å²) in [5.74, 6) is 0.177. The standard InChI is InChI=1S/C17H25N3O/c1-19-11-12-20(16(21)13-19)15-7-5-14(6-8-15)17(18)9-3-2-4-10-17/h5-8H,2-4,9-13,18H2,1H3. The molecule has 0 spiro atoms. The molecule has 4 heteroatoms. The first-order chi connectivity index (χ1) is 10.1. The molecular weight excluding hydrogens is 262 g/mol. The quantitative estimate of drug-likeness (QED) is 0.906. The predicted molar refractivity (Wildman–Crippen MR) is 85.2 cm³/mol. The smallest absolute Gasteiger partial charge is 0.241 e. The number of hydrogen-bond donors (Lipinski definition) is 1. The maximum absolute atomic E-state index is 12.1. The molecule has 114 valence electrons. The van der Waals surface area contributed by atoms with Crippen molar-refractivity contribution >= 4 is 11.6 Å². The second kappa shape index (κ2) is 5.78. The van der Waals surface area contributed by atoms with E-state index in [9.17, 15) is 4.79 Å². The summed E-state index contributed by atoms with van der Waals surface area (Å²) < 4.78 is 0. The Bertz CT molecular complexity index is 505. The van der Waals surface area contributed by atoms with Gasteiger partial charge >= 0.3 is 0 Å². The van der Waals surface area contributed by atoms with Crippen LogP contribution in [0.5, 0.6) is 0 Å². The van der Waals surface area contributed by atoms with Gasteiger partial charge in [0.25, 0.3) is 0 Å². The van der Waals surface area contributed by atoms with Crippen LogP contribution in [-0.4, -0.2) is 37.5 Å². The zero-order valence-electron chi connectivity index (χ0n) is 12.8. The topological polar surface area (TPSA) is 49.6 Å². The van der Waals surface area contributed by atoms with Crippen LogP contribution >= 0.6 is 0 Å².